The zero-order chi connectivity index (χ0) is 27.0. The van der Waals surface area contributed by atoms with Gasteiger partial charge in [-0.2, -0.15) is 0 Å². The summed E-state index contributed by atoms with van der Waals surface area (Å²) in [6, 6.07) is 5.27. The van der Waals surface area contributed by atoms with Crippen LogP contribution in [0.15, 0.2) is 55.1 Å². The third-order valence-corrected chi connectivity index (χ3v) is 6.51. The predicted octanol–water partition coefficient (Wildman–Crippen LogP) is 3.01. The number of amides is 1. The van der Waals surface area contributed by atoms with E-state index in [2.05, 4.69) is 25.6 Å². The molecule has 4 heterocycles. The highest BCUT2D eigenvalue weighted by atomic mass is 19.1. The summed E-state index contributed by atoms with van der Waals surface area (Å²) in [7, 11) is 0. The molecule has 0 spiro atoms. The number of carbonyl (C=O) groups excluding carboxylic acids is 1. The lowest BCUT2D eigenvalue weighted by atomic mass is 9.90. The van der Waals surface area contributed by atoms with Crippen LogP contribution in [0.3, 0.4) is 0 Å². The van der Waals surface area contributed by atoms with Gasteiger partial charge in [0.1, 0.15) is 17.3 Å². The van der Waals surface area contributed by atoms with Crippen molar-refractivity contribution >= 4 is 23.0 Å². The largest absolute Gasteiger partial charge is 0.397 e. The van der Waals surface area contributed by atoms with E-state index in [0.717, 1.165) is 24.3 Å². The van der Waals surface area contributed by atoms with Crippen molar-refractivity contribution < 1.29 is 18.0 Å². The van der Waals surface area contributed by atoms with E-state index in [9.17, 15) is 18.0 Å². The number of aromatic nitrogens is 5. The zero-order valence-electron chi connectivity index (χ0n) is 20.2. The van der Waals surface area contributed by atoms with Crippen molar-refractivity contribution in [3.8, 4) is 11.3 Å². The third kappa shape index (κ3) is 4.63. The summed E-state index contributed by atoms with van der Waals surface area (Å²) in [5.74, 6) is -3.83. The number of nitrogens with one attached hydrogen (secondary N) is 1. The summed E-state index contributed by atoms with van der Waals surface area (Å²) in [4.78, 5) is 23.2. The SMILES string of the molecule is CC1CN(c2ccncc2NC(=O)c2nc(-c3c(F)cccc3F)c(F)cc2N)CC(N)C1n1ccnn1. The van der Waals surface area contributed by atoms with Crippen LogP contribution < -0.4 is 21.7 Å². The maximum atomic E-state index is 14.6. The van der Waals surface area contributed by atoms with Gasteiger partial charge in [0.25, 0.3) is 5.91 Å². The maximum absolute atomic E-state index is 14.6. The van der Waals surface area contributed by atoms with Crippen LogP contribution in [-0.2, 0) is 0 Å². The van der Waals surface area contributed by atoms with Gasteiger partial charge < -0.3 is 21.7 Å². The molecular formula is C25H24F3N9O. The molecule has 196 valence electrons. The van der Waals surface area contributed by atoms with Crippen LogP contribution >= 0.6 is 0 Å². The molecule has 0 aliphatic carbocycles. The van der Waals surface area contributed by atoms with E-state index < -0.39 is 40.3 Å². The third-order valence-electron chi connectivity index (χ3n) is 6.51. The Kier molecular flexibility index (Phi) is 6.68. The van der Waals surface area contributed by atoms with Gasteiger partial charge in [-0.1, -0.05) is 18.2 Å². The van der Waals surface area contributed by atoms with Gasteiger partial charge in [0.2, 0.25) is 0 Å². The summed E-state index contributed by atoms with van der Waals surface area (Å²) in [6.07, 6.45) is 6.40. The first kappa shape index (κ1) is 25.1. The minimum absolute atomic E-state index is 0.0611. The lowest BCUT2D eigenvalue weighted by molar-refractivity contribution is 0.102. The second kappa shape index (κ2) is 10.1. The Labute approximate surface area is 215 Å². The summed E-state index contributed by atoms with van der Waals surface area (Å²) < 4.78 is 45.0. The number of hydrogen-bond donors (Lipinski definition) is 3. The molecule has 0 radical (unpaired) electrons. The van der Waals surface area contributed by atoms with Crippen molar-refractivity contribution in [2.45, 2.75) is 19.0 Å². The normalized spacial score (nSPS) is 19.4. The number of nitrogen functional groups attached to an aromatic ring is 1. The van der Waals surface area contributed by atoms with E-state index in [1.807, 2.05) is 11.8 Å². The van der Waals surface area contributed by atoms with Crippen LogP contribution in [-0.4, -0.2) is 50.0 Å². The standard InChI is InChI=1S/C25H24F3N9O/c1-13-11-36(12-18(30)24(13)37-8-7-32-35-37)20-5-6-31-10-19(20)33-25(38)23-17(29)9-16(28)22(34-23)21-14(26)3-2-4-15(21)27/h2-10,13,18,24H,11-12,29-30H2,1H3,(H,33,38). The molecule has 5 N–H and O–H groups in total. The smallest absolute Gasteiger partial charge is 0.276 e. The topological polar surface area (TPSA) is 141 Å². The van der Waals surface area contributed by atoms with E-state index in [1.54, 1.807) is 29.3 Å². The Balaban J connectivity index is 1.43. The Hall–Kier alpha value is -4.52. The fourth-order valence-corrected chi connectivity index (χ4v) is 4.87. The first-order valence-electron chi connectivity index (χ1n) is 11.8. The molecule has 1 aliphatic heterocycles. The van der Waals surface area contributed by atoms with Gasteiger partial charge in [0.05, 0.1) is 41.1 Å². The molecule has 38 heavy (non-hydrogen) atoms. The van der Waals surface area contributed by atoms with Gasteiger partial charge in [-0.3, -0.25) is 9.78 Å². The number of pyridine rings is 2. The summed E-state index contributed by atoms with van der Waals surface area (Å²) in [5, 5.41) is 10.7. The molecule has 5 rings (SSSR count). The van der Waals surface area contributed by atoms with E-state index in [1.165, 1.54) is 6.20 Å². The number of benzene rings is 1. The number of anilines is 3. The molecule has 1 saturated heterocycles. The van der Waals surface area contributed by atoms with E-state index >= 15 is 0 Å². The minimum atomic E-state index is -1.07. The zero-order valence-corrected chi connectivity index (χ0v) is 20.2. The number of nitrogens with two attached hydrogens (primary N) is 2. The monoisotopic (exact) mass is 523 g/mol. The van der Waals surface area contributed by atoms with Crippen LogP contribution in [0, 0.1) is 23.4 Å². The quantitative estimate of drug-likeness (QED) is 0.363. The average molecular weight is 524 g/mol. The molecule has 13 heteroatoms. The number of hydrogen-bond acceptors (Lipinski definition) is 8. The molecule has 4 aromatic rings. The number of carbonyl (C=O) groups is 1. The van der Waals surface area contributed by atoms with Crippen LogP contribution in [0.2, 0.25) is 0 Å². The fraction of sp³-hybridized carbons (Fsp3) is 0.240. The van der Waals surface area contributed by atoms with Crippen LogP contribution in [0.4, 0.5) is 30.2 Å². The summed E-state index contributed by atoms with van der Waals surface area (Å²) in [6.45, 7) is 3.10. The van der Waals surface area contributed by atoms with Crippen LogP contribution in [0.25, 0.3) is 11.3 Å². The number of piperidine rings is 1. The molecule has 10 nitrogen and oxygen atoms in total. The molecular weight excluding hydrogens is 499 g/mol. The summed E-state index contributed by atoms with van der Waals surface area (Å²) in [5.41, 5.74) is 11.3. The van der Waals surface area contributed by atoms with Gasteiger partial charge in [0, 0.05) is 37.6 Å². The van der Waals surface area contributed by atoms with Gasteiger partial charge in [0.15, 0.2) is 11.5 Å². The highest BCUT2D eigenvalue weighted by molar-refractivity contribution is 6.08. The van der Waals surface area contributed by atoms with Crippen molar-refractivity contribution in [2.24, 2.45) is 11.7 Å². The van der Waals surface area contributed by atoms with Crippen LogP contribution in [0.5, 0.6) is 0 Å². The maximum Gasteiger partial charge on any atom is 0.276 e. The second-order valence-corrected chi connectivity index (χ2v) is 9.12. The Morgan fingerprint density at radius 3 is 2.55 bits per heavy atom. The van der Waals surface area contributed by atoms with Gasteiger partial charge in [-0.05, 0) is 24.1 Å². The highest BCUT2D eigenvalue weighted by Crippen LogP contribution is 2.34. The van der Waals surface area contributed by atoms with E-state index in [0.29, 0.717) is 24.5 Å². The number of halogens is 3. The Morgan fingerprint density at radius 2 is 1.87 bits per heavy atom. The lowest BCUT2D eigenvalue weighted by Crippen LogP contribution is -2.53. The van der Waals surface area contributed by atoms with Crippen molar-refractivity contribution in [2.75, 3.05) is 29.0 Å². The molecule has 1 fully saturated rings. The molecule has 1 aliphatic rings. The first-order chi connectivity index (χ1) is 18.2. The predicted molar refractivity (Wildman–Crippen MR) is 135 cm³/mol. The van der Waals surface area contributed by atoms with Crippen molar-refractivity contribution in [3.05, 3.63) is 78.3 Å². The van der Waals surface area contributed by atoms with E-state index in [-0.39, 0.29) is 23.7 Å². The van der Waals surface area contributed by atoms with Crippen molar-refractivity contribution in [1.29, 1.82) is 0 Å². The fourth-order valence-electron chi connectivity index (χ4n) is 4.87. The average Bonchev–Trinajstić information content (AvgIpc) is 3.39. The number of rotatable bonds is 5. The van der Waals surface area contributed by atoms with Crippen LogP contribution in [0.1, 0.15) is 23.5 Å². The van der Waals surface area contributed by atoms with Gasteiger partial charge >= 0.3 is 0 Å². The molecule has 0 saturated carbocycles. The Bertz CT molecular complexity index is 1450. The van der Waals surface area contributed by atoms with Gasteiger partial charge in [-0.25, -0.2) is 22.8 Å². The highest BCUT2D eigenvalue weighted by Gasteiger charge is 2.35. The van der Waals surface area contributed by atoms with Gasteiger partial charge in [-0.15, -0.1) is 5.10 Å². The molecule has 3 atom stereocenters. The Morgan fingerprint density at radius 1 is 1.11 bits per heavy atom. The second-order valence-electron chi connectivity index (χ2n) is 9.12. The first-order valence-corrected chi connectivity index (χ1v) is 11.8. The molecule has 0 bridgehead atoms. The number of nitrogens with zero attached hydrogens (tertiary/aromatic N) is 6. The summed E-state index contributed by atoms with van der Waals surface area (Å²) >= 11 is 0. The lowest BCUT2D eigenvalue weighted by Gasteiger charge is -2.42. The van der Waals surface area contributed by atoms with E-state index in [4.69, 9.17) is 11.5 Å². The molecule has 3 aromatic heterocycles. The van der Waals surface area contributed by atoms with Crippen molar-refractivity contribution in [1.82, 2.24) is 25.0 Å². The molecule has 3 unspecified atom stereocenters. The molecule has 1 amide bonds. The minimum Gasteiger partial charge on any atom is -0.397 e. The van der Waals surface area contributed by atoms with Crippen molar-refractivity contribution in [3.63, 3.8) is 0 Å². The molecule has 1 aromatic carbocycles.